The molecule has 0 N–H and O–H groups in total. The molecule has 0 bridgehead atoms. The highest BCUT2D eigenvalue weighted by Crippen LogP contribution is 2.40. The molecule has 0 atom stereocenters. The van der Waals surface area contributed by atoms with Gasteiger partial charge in [-0.3, -0.25) is 4.90 Å². The number of fused-ring (bicyclic) bond motifs is 1. The molecule has 2 amide bonds. The van der Waals surface area contributed by atoms with E-state index < -0.39 is 27.8 Å². The van der Waals surface area contributed by atoms with Crippen molar-refractivity contribution in [3.05, 3.63) is 89.0 Å². The number of benzene rings is 3. The monoisotopic (exact) mass is 460 g/mol. The number of hydrogen-bond acceptors (Lipinski definition) is 3. The highest BCUT2D eigenvalue weighted by molar-refractivity contribution is 7.94. The number of sulfonamides is 1. The minimum Gasteiger partial charge on any atom is -0.287 e. The summed E-state index contributed by atoms with van der Waals surface area (Å²) in [4.78, 5) is 14.6. The van der Waals surface area contributed by atoms with Gasteiger partial charge in [-0.25, -0.2) is 13.2 Å². The van der Waals surface area contributed by atoms with Gasteiger partial charge >= 0.3 is 12.2 Å². The number of carbonyl (C=O) groups excluding carboxylic acids is 1. The summed E-state index contributed by atoms with van der Waals surface area (Å²) in [5.74, 6) is 0. The van der Waals surface area contributed by atoms with Gasteiger partial charge in [0.25, 0.3) is 10.0 Å². The van der Waals surface area contributed by atoms with Crippen LogP contribution in [0.15, 0.2) is 71.6 Å². The number of nitrogens with zero attached hydrogens (tertiary/aromatic N) is 2. The highest BCUT2D eigenvalue weighted by Gasteiger charge is 2.43. The smallest absolute Gasteiger partial charge is 0.287 e. The zero-order chi connectivity index (χ0) is 23.3. The average molecular weight is 460 g/mol. The first-order valence-electron chi connectivity index (χ1n) is 9.70. The molecule has 1 aliphatic rings. The van der Waals surface area contributed by atoms with Gasteiger partial charge in [0.15, 0.2) is 0 Å². The van der Waals surface area contributed by atoms with Crippen molar-refractivity contribution in [1.82, 2.24) is 0 Å². The van der Waals surface area contributed by atoms with Crippen LogP contribution in [0.2, 0.25) is 0 Å². The van der Waals surface area contributed by atoms with Crippen molar-refractivity contribution in [2.45, 2.75) is 31.5 Å². The van der Waals surface area contributed by atoms with Crippen molar-refractivity contribution in [2.75, 3.05) is 9.21 Å². The van der Waals surface area contributed by atoms with Gasteiger partial charge in [0.1, 0.15) is 4.90 Å². The van der Waals surface area contributed by atoms with Crippen molar-refractivity contribution in [3.63, 3.8) is 0 Å². The van der Waals surface area contributed by atoms with Crippen LogP contribution in [-0.4, -0.2) is 14.4 Å². The lowest BCUT2D eigenvalue weighted by Gasteiger charge is -2.37. The normalized spacial score (nSPS) is 15.6. The third kappa shape index (κ3) is 3.62. The molecule has 0 aliphatic carbocycles. The zero-order valence-electron chi connectivity index (χ0n) is 17.2. The fourth-order valence-electron chi connectivity index (χ4n) is 3.84. The van der Waals surface area contributed by atoms with E-state index in [0.717, 1.165) is 16.4 Å². The number of urea groups is 1. The third-order valence-electron chi connectivity index (χ3n) is 5.32. The number of aryl methyl sites for hydroxylation is 2. The van der Waals surface area contributed by atoms with Crippen molar-refractivity contribution in [1.29, 1.82) is 0 Å². The summed E-state index contributed by atoms with van der Waals surface area (Å²) >= 11 is 0. The number of para-hydroxylation sites is 2. The fraction of sp³-hybridized carbons (Fsp3) is 0.174. The second-order valence-corrected chi connectivity index (χ2v) is 9.30. The molecular weight excluding hydrogens is 441 g/mol. The number of anilines is 2. The Morgan fingerprint density at radius 2 is 1.50 bits per heavy atom. The molecular formula is C23H19F3N2O3S. The quantitative estimate of drug-likeness (QED) is 0.507. The van der Waals surface area contributed by atoms with E-state index in [1.807, 2.05) is 0 Å². The summed E-state index contributed by atoms with van der Waals surface area (Å²) in [6.07, 6.45) is -4.53. The molecule has 0 unspecified atom stereocenters. The first-order chi connectivity index (χ1) is 15.0. The Labute approximate surface area is 183 Å². The van der Waals surface area contributed by atoms with Crippen LogP contribution in [0.4, 0.5) is 29.3 Å². The maximum atomic E-state index is 13.5. The molecule has 9 heteroatoms. The zero-order valence-corrected chi connectivity index (χ0v) is 18.0. The first kappa shape index (κ1) is 21.9. The van der Waals surface area contributed by atoms with E-state index in [1.165, 1.54) is 35.2 Å². The predicted molar refractivity (Wildman–Crippen MR) is 115 cm³/mol. The van der Waals surface area contributed by atoms with Crippen molar-refractivity contribution in [3.8, 4) is 0 Å². The summed E-state index contributed by atoms with van der Waals surface area (Å²) in [7, 11) is -4.22. The van der Waals surface area contributed by atoms with Crippen LogP contribution >= 0.6 is 0 Å². The van der Waals surface area contributed by atoms with Crippen molar-refractivity contribution >= 4 is 27.4 Å². The fourth-order valence-corrected chi connectivity index (χ4v) is 5.56. The lowest BCUT2D eigenvalue weighted by atomic mass is 10.1. The van der Waals surface area contributed by atoms with Crippen LogP contribution in [0.5, 0.6) is 0 Å². The van der Waals surface area contributed by atoms with E-state index in [9.17, 15) is 26.4 Å². The van der Waals surface area contributed by atoms with E-state index in [4.69, 9.17) is 0 Å². The number of halogens is 3. The van der Waals surface area contributed by atoms with E-state index in [0.29, 0.717) is 11.1 Å². The molecule has 5 nitrogen and oxygen atoms in total. The van der Waals surface area contributed by atoms with Crippen LogP contribution < -0.4 is 9.21 Å². The maximum absolute atomic E-state index is 13.5. The van der Waals surface area contributed by atoms with E-state index in [-0.39, 0.29) is 28.4 Å². The average Bonchev–Trinajstić information content (AvgIpc) is 2.73. The van der Waals surface area contributed by atoms with Gasteiger partial charge in [0, 0.05) is 0 Å². The number of alkyl halides is 3. The lowest BCUT2D eigenvalue weighted by molar-refractivity contribution is -0.137. The molecule has 3 aromatic carbocycles. The maximum Gasteiger partial charge on any atom is 0.416 e. The molecule has 0 radical (unpaired) electrons. The lowest BCUT2D eigenvalue weighted by Crippen LogP contribution is -2.51. The van der Waals surface area contributed by atoms with E-state index in [2.05, 4.69) is 0 Å². The topological polar surface area (TPSA) is 57.7 Å². The molecule has 3 aromatic rings. The van der Waals surface area contributed by atoms with Crippen LogP contribution in [0.1, 0.15) is 22.3 Å². The van der Waals surface area contributed by atoms with Crippen LogP contribution in [-0.2, 0) is 22.7 Å². The summed E-state index contributed by atoms with van der Waals surface area (Å²) in [5, 5.41) is 0. The number of hydrogen-bond donors (Lipinski definition) is 0. The Morgan fingerprint density at radius 3 is 2.16 bits per heavy atom. The second kappa shape index (κ2) is 7.67. The summed E-state index contributed by atoms with van der Waals surface area (Å²) in [5.41, 5.74) is 0.912. The molecule has 4 rings (SSSR count). The van der Waals surface area contributed by atoms with Gasteiger partial charge in [-0.1, -0.05) is 42.5 Å². The molecule has 0 fully saturated rings. The van der Waals surface area contributed by atoms with Crippen LogP contribution in [0.25, 0.3) is 0 Å². The number of rotatable bonds is 3. The Morgan fingerprint density at radius 1 is 0.875 bits per heavy atom. The van der Waals surface area contributed by atoms with E-state index in [1.54, 1.807) is 38.1 Å². The van der Waals surface area contributed by atoms with Crippen molar-refractivity contribution in [2.24, 2.45) is 0 Å². The van der Waals surface area contributed by atoms with Gasteiger partial charge in [0.2, 0.25) is 0 Å². The molecule has 0 spiro atoms. The first-order valence-corrected chi connectivity index (χ1v) is 11.1. The SMILES string of the molecule is Cc1cccc(C)c1N1C(=O)N(Cc2cccc(C(F)(F)F)c2)c2ccccc2S1(=O)=O. The summed E-state index contributed by atoms with van der Waals surface area (Å²) in [6.45, 7) is 3.17. The van der Waals surface area contributed by atoms with Gasteiger partial charge in [0.05, 0.1) is 23.5 Å². The molecule has 0 aromatic heterocycles. The Kier molecular flexibility index (Phi) is 5.24. The molecule has 0 saturated heterocycles. The molecule has 0 saturated carbocycles. The Bertz CT molecular complexity index is 1300. The van der Waals surface area contributed by atoms with Gasteiger partial charge < -0.3 is 0 Å². The van der Waals surface area contributed by atoms with Crippen LogP contribution in [0, 0.1) is 13.8 Å². The highest BCUT2D eigenvalue weighted by atomic mass is 32.2. The minimum absolute atomic E-state index is 0.0887. The van der Waals surface area contributed by atoms with Gasteiger partial charge in [-0.05, 0) is 54.8 Å². The Balaban J connectivity index is 1.88. The molecule has 166 valence electrons. The van der Waals surface area contributed by atoms with E-state index >= 15 is 0 Å². The third-order valence-corrected chi connectivity index (χ3v) is 7.04. The van der Waals surface area contributed by atoms with Crippen LogP contribution in [0.3, 0.4) is 0 Å². The minimum atomic E-state index is -4.53. The van der Waals surface area contributed by atoms with Crippen molar-refractivity contribution < 1.29 is 26.4 Å². The molecule has 1 heterocycles. The largest absolute Gasteiger partial charge is 0.416 e. The standard InChI is InChI=1S/C23H19F3N2O3S/c1-15-7-5-8-16(2)21(15)28-22(29)27(19-11-3-4-12-20(19)32(28,30)31)14-17-9-6-10-18(13-17)23(24,25)26/h3-13H,14H2,1-2H3. The number of amides is 2. The summed E-state index contributed by atoms with van der Waals surface area (Å²) in [6, 6.07) is 14.9. The predicted octanol–water partition coefficient (Wildman–Crippen LogP) is 5.66. The Hall–Kier alpha value is -3.33. The summed E-state index contributed by atoms with van der Waals surface area (Å²) < 4.78 is 67.1. The molecule has 1 aliphatic heterocycles. The second-order valence-electron chi connectivity index (χ2n) is 7.54. The van der Waals surface area contributed by atoms with Gasteiger partial charge in [-0.15, -0.1) is 0 Å². The molecule has 32 heavy (non-hydrogen) atoms. The van der Waals surface area contributed by atoms with Gasteiger partial charge in [-0.2, -0.15) is 17.5 Å². The number of carbonyl (C=O) groups is 1.